The van der Waals surface area contributed by atoms with E-state index >= 15 is 0 Å². The molecule has 3 amide bonds. The van der Waals surface area contributed by atoms with Crippen LogP contribution in [0.15, 0.2) is 35.3 Å². The zero-order chi connectivity index (χ0) is 28.0. The highest BCUT2D eigenvalue weighted by molar-refractivity contribution is 7.80. The van der Waals surface area contributed by atoms with E-state index in [1.807, 2.05) is 13.8 Å². The first kappa shape index (κ1) is 31.7. The van der Waals surface area contributed by atoms with E-state index in [1.165, 1.54) is 0 Å². The molecule has 1 aromatic rings. The molecule has 1 rings (SSSR count). The average molecular weight is 538 g/mol. The van der Waals surface area contributed by atoms with E-state index in [0.717, 1.165) is 5.56 Å². The van der Waals surface area contributed by atoms with Crippen molar-refractivity contribution in [2.75, 3.05) is 12.3 Å². The third kappa shape index (κ3) is 12.5. The highest BCUT2D eigenvalue weighted by atomic mass is 32.1. The molecule has 0 bridgehead atoms. The van der Waals surface area contributed by atoms with E-state index in [1.54, 1.807) is 30.3 Å². The van der Waals surface area contributed by atoms with Crippen LogP contribution in [0.3, 0.4) is 0 Å². The molecule has 0 fully saturated rings. The fraction of sp³-hybridized carbons (Fsp3) is 0.542. The Hall–Kier alpha value is -3.32. The molecule has 12 nitrogen and oxygen atoms in total. The Labute approximate surface area is 222 Å². The standard InChI is InChI=1S/C24H39N7O5S/c1-14(2)11-16(25)20(32)31-19(13-37)22(34)30-18(12-15-7-4-3-5-8-15)21(33)29-17(23(35)36)9-6-10-28-24(26)27/h3-5,7-8,14,16-19,37H,6,9-13,25H2,1-2H3,(H,29,33)(H,30,34)(H,31,32)(H,35,36)(H4,26,27,28). The second-order valence-electron chi connectivity index (χ2n) is 9.08. The molecule has 0 heterocycles. The normalized spacial score (nSPS) is 14.1. The number of hydrogen-bond acceptors (Lipinski definition) is 7. The number of amides is 3. The third-order valence-electron chi connectivity index (χ3n) is 5.35. The van der Waals surface area contributed by atoms with E-state index in [-0.39, 0.29) is 37.0 Å². The number of carbonyl (C=O) groups is 4. The maximum absolute atomic E-state index is 13.1. The number of benzene rings is 1. The van der Waals surface area contributed by atoms with Crippen LogP contribution in [0, 0.1) is 5.92 Å². The number of aliphatic imine (C=N–C) groups is 1. The number of carboxylic acids is 1. The van der Waals surface area contributed by atoms with Crippen LogP contribution in [-0.2, 0) is 25.6 Å². The first-order chi connectivity index (χ1) is 17.4. The summed E-state index contributed by atoms with van der Waals surface area (Å²) in [6.07, 6.45) is 0.923. The molecule has 0 radical (unpaired) electrons. The number of carbonyl (C=O) groups excluding carboxylic acids is 3. The Morgan fingerprint density at radius 3 is 2.05 bits per heavy atom. The van der Waals surface area contributed by atoms with Crippen LogP contribution in [0.5, 0.6) is 0 Å². The van der Waals surface area contributed by atoms with Gasteiger partial charge in [0.2, 0.25) is 17.7 Å². The van der Waals surface area contributed by atoms with Crippen LogP contribution in [0.4, 0.5) is 0 Å². The van der Waals surface area contributed by atoms with Gasteiger partial charge in [0.1, 0.15) is 18.1 Å². The molecule has 0 saturated heterocycles. The molecule has 13 heteroatoms. The predicted molar refractivity (Wildman–Crippen MR) is 145 cm³/mol. The van der Waals surface area contributed by atoms with Gasteiger partial charge in [-0.15, -0.1) is 0 Å². The highest BCUT2D eigenvalue weighted by Gasteiger charge is 2.30. The molecule has 0 aliphatic carbocycles. The minimum atomic E-state index is -1.23. The van der Waals surface area contributed by atoms with Gasteiger partial charge in [0, 0.05) is 18.7 Å². The van der Waals surface area contributed by atoms with Crippen LogP contribution in [0.25, 0.3) is 0 Å². The van der Waals surface area contributed by atoms with Crippen molar-refractivity contribution in [2.24, 2.45) is 28.1 Å². The van der Waals surface area contributed by atoms with Crippen molar-refractivity contribution in [1.29, 1.82) is 0 Å². The van der Waals surface area contributed by atoms with Crippen molar-refractivity contribution >= 4 is 42.3 Å². The van der Waals surface area contributed by atoms with Crippen molar-refractivity contribution in [3.05, 3.63) is 35.9 Å². The van der Waals surface area contributed by atoms with E-state index in [0.29, 0.717) is 12.8 Å². The molecule has 0 saturated carbocycles. The Kier molecular flexibility index (Phi) is 14.1. The lowest BCUT2D eigenvalue weighted by Crippen LogP contribution is -2.58. The lowest BCUT2D eigenvalue weighted by Gasteiger charge is -2.25. The number of hydrogen-bond donors (Lipinski definition) is 8. The molecule has 0 aliphatic heterocycles. The van der Waals surface area contributed by atoms with Crippen molar-refractivity contribution in [3.63, 3.8) is 0 Å². The Bertz CT molecular complexity index is 925. The Morgan fingerprint density at radius 2 is 1.51 bits per heavy atom. The van der Waals surface area contributed by atoms with E-state index < -0.39 is 47.9 Å². The van der Waals surface area contributed by atoms with Crippen molar-refractivity contribution in [1.82, 2.24) is 16.0 Å². The molecule has 0 aromatic heterocycles. The summed E-state index contributed by atoms with van der Waals surface area (Å²) in [5.41, 5.74) is 17.2. The van der Waals surface area contributed by atoms with Gasteiger partial charge in [-0.2, -0.15) is 12.6 Å². The van der Waals surface area contributed by atoms with Crippen LogP contribution < -0.4 is 33.2 Å². The molecule has 37 heavy (non-hydrogen) atoms. The predicted octanol–water partition coefficient (Wildman–Crippen LogP) is -0.875. The summed E-state index contributed by atoms with van der Waals surface area (Å²) >= 11 is 4.16. The summed E-state index contributed by atoms with van der Waals surface area (Å²) < 4.78 is 0. The largest absolute Gasteiger partial charge is 0.480 e. The van der Waals surface area contributed by atoms with Crippen molar-refractivity contribution in [3.8, 4) is 0 Å². The number of aliphatic carboxylic acids is 1. The Morgan fingerprint density at radius 1 is 0.946 bits per heavy atom. The Balaban J connectivity index is 2.98. The molecule has 1 aromatic carbocycles. The quantitative estimate of drug-likeness (QED) is 0.0572. The van der Waals surface area contributed by atoms with Gasteiger partial charge in [-0.05, 0) is 30.7 Å². The molecule has 206 valence electrons. The molecule has 4 atom stereocenters. The lowest BCUT2D eigenvalue weighted by atomic mass is 10.0. The summed E-state index contributed by atoms with van der Waals surface area (Å²) in [6, 6.07) is 4.75. The zero-order valence-electron chi connectivity index (χ0n) is 21.2. The van der Waals surface area contributed by atoms with Gasteiger partial charge in [0.15, 0.2) is 5.96 Å². The third-order valence-corrected chi connectivity index (χ3v) is 5.72. The van der Waals surface area contributed by atoms with E-state index in [2.05, 4.69) is 33.6 Å². The molecular formula is C24H39N7O5S. The molecule has 4 unspecified atom stereocenters. The van der Waals surface area contributed by atoms with Gasteiger partial charge in [-0.25, -0.2) is 4.79 Å². The highest BCUT2D eigenvalue weighted by Crippen LogP contribution is 2.07. The number of carboxylic acid groups (broad SMARTS) is 1. The van der Waals surface area contributed by atoms with E-state index in [4.69, 9.17) is 17.2 Å². The molecule has 0 aliphatic rings. The van der Waals surface area contributed by atoms with Gasteiger partial charge < -0.3 is 38.3 Å². The monoisotopic (exact) mass is 537 g/mol. The van der Waals surface area contributed by atoms with Crippen molar-refractivity contribution < 1.29 is 24.3 Å². The second-order valence-corrected chi connectivity index (χ2v) is 9.44. The topological polar surface area (TPSA) is 215 Å². The number of guanidine groups is 1. The smallest absolute Gasteiger partial charge is 0.326 e. The molecule has 10 N–H and O–H groups in total. The maximum Gasteiger partial charge on any atom is 0.326 e. The summed E-state index contributed by atoms with van der Waals surface area (Å²) in [6.45, 7) is 4.05. The number of nitrogens with zero attached hydrogens (tertiary/aromatic N) is 1. The summed E-state index contributed by atoms with van der Waals surface area (Å²) in [5.74, 6) is -3.03. The fourth-order valence-electron chi connectivity index (χ4n) is 3.45. The lowest BCUT2D eigenvalue weighted by molar-refractivity contribution is -0.142. The zero-order valence-corrected chi connectivity index (χ0v) is 22.1. The SMILES string of the molecule is CC(C)CC(N)C(=O)NC(CS)C(=O)NC(Cc1ccccc1)C(=O)NC(CCCN=C(N)N)C(=O)O. The molecular weight excluding hydrogens is 498 g/mol. The van der Waals surface area contributed by atoms with Crippen LogP contribution in [-0.4, -0.2) is 71.2 Å². The number of thiol groups is 1. The summed E-state index contributed by atoms with van der Waals surface area (Å²) in [5, 5.41) is 17.2. The second kappa shape index (κ2) is 16.4. The van der Waals surface area contributed by atoms with Crippen LogP contribution in [0.2, 0.25) is 0 Å². The first-order valence-corrected chi connectivity index (χ1v) is 12.7. The van der Waals surface area contributed by atoms with Crippen LogP contribution in [0.1, 0.15) is 38.7 Å². The first-order valence-electron chi connectivity index (χ1n) is 12.0. The summed E-state index contributed by atoms with van der Waals surface area (Å²) in [7, 11) is 0. The van der Waals surface area contributed by atoms with Gasteiger partial charge in [-0.1, -0.05) is 44.2 Å². The fourth-order valence-corrected chi connectivity index (χ4v) is 3.71. The average Bonchev–Trinajstić information content (AvgIpc) is 2.83. The number of nitrogens with one attached hydrogen (secondary N) is 3. The van der Waals surface area contributed by atoms with Gasteiger partial charge >= 0.3 is 5.97 Å². The van der Waals surface area contributed by atoms with Gasteiger partial charge in [0.05, 0.1) is 6.04 Å². The van der Waals surface area contributed by atoms with Gasteiger partial charge in [0.25, 0.3) is 0 Å². The summed E-state index contributed by atoms with van der Waals surface area (Å²) in [4.78, 5) is 54.1. The minimum absolute atomic E-state index is 0.0335. The van der Waals surface area contributed by atoms with Crippen molar-refractivity contribution in [2.45, 2.75) is 63.7 Å². The van der Waals surface area contributed by atoms with E-state index in [9.17, 15) is 24.3 Å². The van der Waals surface area contributed by atoms with Crippen LogP contribution >= 0.6 is 12.6 Å². The minimum Gasteiger partial charge on any atom is -0.480 e. The van der Waals surface area contributed by atoms with Gasteiger partial charge in [-0.3, -0.25) is 19.4 Å². The number of rotatable bonds is 16. The maximum atomic E-state index is 13.1. The molecule has 0 spiro atoms. The number of nitrogens with two attached hydrogens (primary N) is 3.